The number of aromatic amines is 1. The fourth-order valence-corrected chi connectivity index (χ4v) is 2.65. The molecule has 0 fully saturated rings. The van der Waals surface area contributed by atoms with Crippen LogP contribution < -0.4 is 5.56 Å². The van der Waals surface area contributed by atoms with Crippen LogP contribution in [0.3, 0.4) is 0 Å². The fourth-order valence-electron chi connectivity index (χ4n) is 2.65. The normalized spacial score (nSPS) is 11.6. The molecule has 2 rings (SSSR count). The van der Waals surface area contributed by atoms with Crippen molar-refractivity contribution in [2.24, 2.45) is 4.99 Å². The minimum Gasteiger partial charge on any atom is -0.469 e. The quantitative estimate of drug-likeness (QED) is 0.455. The molecule has 1 heterocycles. The molecule has 0 aliphatic heterocycles. The molecule has 6 nitrogen and oxygen atoms in total. The number of aliphatic imine (C=N–C) groups is 1. The van der Waals surface area contributed by atoms with Crippen LogP contribution in [0.5, 0.6) is 0 Å². The summed E-state index contributed by atoms with van der Waals surface area (Å²) in [5.41, 5.74) is 2.12. The molecule has 0 saturated heterocycles. The lowest BCUT2D eigenvalue weighted by molar-refractivity contribution is -0.139. The number of para-hydroxylation sites is 1. The number of unbranched alkanes of at least 4 members (excludes halogenated alkanes) is 2. The second kappa shape index (κ2) is 9.01. The third-order valence-corrected chi connectivity index (χ3v) is 4.00. The molecule has 0 aliphatic rings. The van der Waals surface area contributed by atoms with Crippen LogP contribution >= 0.6 is 0 Å². The Morgan fingerprint density at radius 1 is 1.24 bits per heavy atom. The number of benzene rings is 1. The number of carbonyl (C=O) groups is 1. The van der Waals surface area contributed by atoms with Crippen molar-refractivity contribution in [2.45, 2.75) is 39.5 Å². The summed E-state index contributed by atoms with van der Waals surface area (Å²) in [5.74, 6) is -0.401. The number of H-pyrrole nitrogens is 1. The summed E-state index contributed by atoms with van der Waals surface area (Å²) < 4.78 is 6.19. The first-order chi connectivity index (χ1) is 12.1. The Bertz CT molecular complexity index is 788. The summed E-state index contributed by atoms with van der Waals surface area (Å²) in [7, 11) is 1.33. The van der Waals surface area contributed by atoms with Crippen LogP contribution in [0.25, 0.3) is 5.69 Å². The van der Waals surface area contributed by atoms with E-state index in [2.05, 4.69) is 17.0 Å². The summed E-state index contributed by atoms with van der Waals surface area (Å²) in [4.78, 5) is 29.1. The molecule has 0 saturated carbocycles. The highest BCUT2D eigenvalue weighted by Gasteiger charge is 2.20. The lowest BCUT2D eigenvalue weighted by Crippen LogP contribution is -2.20. The highest BCUT2D eigenvalue weighted by molar-refractivity contribution is 6.00. The van der Waals surface area contributed by atoms with E-state index in [0.29, 0.717) is 29.2 Å². The molecule has 0 radical (unpaired) electrons. The van der Waals surface area contributed by atoms with Crippen molar-refractivity contribution in [2.75, 3.05) is 13.7 Å². The van der Waals surface area contributed by atoms with E-state index in [-0.39, 0.29) is 12.0 Å². The van der Waals surface area contributed by atoms with Gasteiger partial charge in [0, 0.05) is 12.3 Å². The number of rotatable bonds is 8. The second-order valence-electron chi connectivity index (χ2n) is 5.87. The van der Waals surface area contributed by atoms with E-state index in [4.69, 9.17) is 4.74 Å². The van der Waals surface area contributed by atoms with Crippen molar-refractivity contribution in [3.05, 3.63) is 51.9 Å². The molecular weight excluding hydrogens is 318 g/mol. The second-order valence-corrected chi connectivity index (χ2v) is 5.87. The van der Waals surface area contributed by atoms with Gasteiger partial charge in [-0.15, -0.1) is 0 Å². The van der Waals surface area contributed by atoms with Crippen molar-refractivity contribution in [3.8, 4) is 5.69 Å². The van der Waals surface area contributed by atoms with Crippen LogP contribution in [0.2, 0.25) is 0 Å². The van der Waals surface area contributed by atoms with Crippen LogP contribution in [0.4, 0.5) is 0 Å². The molecule has 0 unspecified atom stereocenters. The van der Waals surface area contributed by atoms with E-state index in [0.717, 1.165) is 19.3 Å². The van der Waals surface area contributed by atoms with Crippen LogP contribution in [0.15, 0.2) is 40.1 Å². The van der Waals surface area contributed by atoms with Gasteiger partial charge in [0.1, 0.15) is 0 Å². The Labute approximate surface area is 147 Å². The molecule has 0 spiro atoms. The first-order valence-corrected chi connectivity index (χ1v) is 8.56. The molecule has 25 heavy (non-hydrogen) atoms. The summed E-state index contributed by atoms with van der Waals surface area (Å²) in [6.07, 6.45) is 3.21. The lowest BCUT2D eigenvalue weighted by Gasteiger charge is -2.02. The van der Waals surface area contributed by atoms with E-state index in [1.165, 1.54) is 11.8 Å². The molecule has 1 aromatic carbocycles. The Balaban J connectivity index is 2.43. The van der Waals surface area contributed by atoms with Crippen LogP contribution in [0, 0.1) is 0 Å². The van der Waals surface area contributed by atoms with Crippen LogP contribution in [-0.4, -0.2) is 35.1 Å². The number of nitrogens with one attached hydrogen (secondary N) is 1. The van der Waals surface area contributed by atoms with Gasteiger partial charge in [0.05, 0.1) is 30.5 Å². The zero-order valence-corrected chi connectivity index (χ0v) is 15.0. The maximum absolute atomic E-state index is 12.9. The van der Waals surface area contributed by atoms with Gasteiger partial charge in [-0.05, 0) is 25.5 Å². The maximum atomic E-state index is 12.9. The van der Waals surface area contributed by atoms with Crippen molar-refractivity contribution in [3.63, 3.8) is 0 Å². The maximum Gasteiger partial charge on any atom is 0.311 e. The summed E-state index contributed by atoms with van der Waals surface area (Å²) >= 11 is 0. The monoisotopic (exact) mass is 343 g/mol. The fraction of sp³-hybridized carbons (Fsp3) is 0.421. The van der Waals surface area contributed by atoms with E-state index < -0.39 is 5.97 Å². The Kier molecular flexibility index (Phi) is 6.74. The first kappa shape index (κ1) is 18.7. The lowest BCUT2D eigenvalue weighted by atomic mass is 10.1. The zero-order chi connectivity index (χ0) is 18.2. The third kappa shape index (κ3) is 4.68. The third-order valence-electron chi connectivity index (χ3n) is 4.00. The Hall–Kier alpha value is -2.63. The van der Waals surface area contributed by atoms with Gasteiger partial charge >= 0.3 is 5.97 Å². The summed E-state index contributed by atoms with van der Waals surface area (Å²) in [6.45, 7) is 4.62. The van der Waals surface area contributed by atoms with E-state index >= 15 is 0 Å². The molecule has 0 atom stereocenters. The number of ether oxygens (including phenoxy) is 1. The largest absolute Gasteiger partial charge is 0.469 e. The number of hydrogen-bond donors (Lipinski definition) is 1. The van der Waals surface area contributed by atoms with Gasteiger partial charge < -0.3 is 4.74 Å². The van der Waals surface area contributed by atoms with Gasteiger partial charge in [-0.25, -0.2) is 4.68 Å². The van der Waals surface area contributed by atoms with Gasteiger partial charge in [0.2, 0.25) is 0 Å². The molecule has 2 aromatic rings. The number of methoxy groups -OCH3 is 1. The van der Waals surface area contributed by atoms with Crippen molar-refractivity contribution < 1.29 is 9.53 Å². The zero-order valence-electron chi connectivity index (χ0n) is 15.0. The minimum atomic E-state index is -0.401. The highest BCUT2D eigenvalue weighted by Crippen LogP contribution is 2.10. The number of aromatic nitrogens is 2. The number of nitrogens with zero attached hydrogens (tertiary/aromatic N) is 2. The molecule has 6 heteroatoms. The van der Waals surface area contributed by atoms with Gasteiger partial charge in [0.15, 0.2) is 0 Å². The van der Waals surface area contributed by atoms with Gasteiger partial charge in [-0.1, -0.05) is 38.0 Å². The molecule has 1 aromatic heterocycles. The number of carbonyl (C=O) groups excluding carboxylic acids is 1. The SMILES string of the molecule is CCCCCN=C(C)c1c(CC(=O)OC)[nH]n(-c2ccccc2)c1=O. The molecular formula is C19H25N3O3. The highest BCUT2D eigenvalue weighted by atomic mass is 16.5. The predicted molar refractivity (Wildman–Crippen MR) is 98.7 cm³/mol. The van der Waals surface area contributed by atoms with Crippen LogP contribution in [-0.2, 0) is 16.0 Å². The van der Waals surface area contributed by atoms with E-state index in [1.54, 1.807) is 0 Å². The Morgan fingerprint density at radius 2 is 1.96 bits per heavy atom. The topological polar surface area (TPSA) is 76.4 Å². The number of hydrogen-bond acceptors (Lipinski definition) is 4. The van der Waals surface area contributed by atoms with Crippen LogP contribution in [0.1, 0.15) is 44.4 Å². The van der Waals surface area contributed by atoms with Crippen molar-refractivity contribution in [1.82, 2.24) is 9.78 Å². The molecule has 0 bridgehead atoms. The van der Waals surface area contributed by atoms with Gasteiger partial charge in [-0.2, -0.15) is 0 Å². The molecule has 0 aliphatic carbocycles. The standard InChI is InChI=1S/C19H25N3O3/c1-4-5-9-12-20-14(2)18-16(13-17(23)25-3)21-22(19(18)24)15-10-7-6-8-11-15/h6-8,10-11,21H,4-5,9,12-13H2,1-3H3. The van der Waals surface area contributed by atoms with Crippen molar-refractivity contribution in [1.29, 1.82) is 0 Å². The average molecular weight is 343 g/mol. The van der Waals surface area contributed by atoms with Gasteiger partial charge in [-0.3, -0.25) is 19.7 Å². The predicted octanol–water partition coefficient (Wildman–Crippen LogP) is 2.88. The Morgan fingerprint density at radius 3 is 2.60 bits per heavy atom. The van der Waals surface area contributed by atoms with E-state index in [1.807, 2.05) is 37.3 Å². The minimum absolute atomic E-state index is 0.00271. The molecule has 1 N–H and O–H groups in total. The average Bonchev–Trinajstić information content (AvgIpc) is 2.95. The summed E-state index contributed by atoms with van der Waals surface area (Å²) in [6, 6.07) is 9.25. The molecule has 134 valence electrons. The first-order valence-electron chi connectivity index (χ1n) is 8.56. The van der Waals surface area contributed by atoms with E-state index in [9.17, 15) is 9.59 Å². The summed E-state index contributed by atoms with van der Waals surface area (Å²) in [5, 5.41) is 3.04. The van der Waals surface area contributed by atoms with Crippen molar-refractivity contribution >= 4 is 11.7 Å². The smallest absolute Gasteiger partial charge is 0.311 e. The molecule has 0 amide bonds. The number of esters is 1. The van der Waals surface area contributed by atoms with Gasteiger partial charge in [0.25, 0.3) is 5.56 Å².